The summed E-state index contributed by atoms with van der Waals surface area (Å²) in [7, 11) is 2.15. The number of pyridine rings is 2. The summed E-state index contributed by atoms with van der Waals surface area (Å²) in [4.78, 5) is 10.8. The second-order valence-electron chi connectivity index (χ2n) is 7.14. The smallest absolute Gasteiger partial charge is 0.140 e. The third kappa shape index (κ3) is 4.28. The van der Waals surface area contributed by atoms with Crippen molar-refractivity contribution in [2.45, 2.75) is 25.5 Å². The van der Waals surface area contributed by atoms with E-state index in [9.17, 15) is 0 Å². The summed E-state index contributed by atoms with van der Waals surface area (Å²) < 4.78 is 6.12. The number of aromatic nitrogens is 2. The zero-order chi connectivity index (χ0) is 18.6. The third-order valence-electron chi connectivity index (χ3n) is 5.04. The Hall–Kier alpha value is -2.86. The van der Waals surface area contributed by atoms with Gasteiger partial charge in [0.2, 0.25) is 0 Å². The van der Waals surface area contributed by atoms with Crippen LogP contribution in [0.4, 0.5) is 11.5 Å². The Labute approximate surface area is 159 Å². The molecule has 0 saturated carbocycles. The first kappa shape index (κ1) is 17.5. The fourth-order valence-electron chi connectivity index (χ4n) is 3.44. The molecule has 140 valence electrons. The van der Waals surface area contributed by atoms with Gasteiger partial charge in [0.15, 0.2) is 0 Å². The van der Waals surface area contributed by atoms with E-state index in [-0.39, 0.29) is 6.10 Å². The maximum atomic E-state index is 6.12. The Morgan fingerprint density at radius 3 is 2.89 bits per heavy atom. The molecule has 1 aliphatic heterocycles. The molecule has 1 aromatic carbocycles. The summed E-state index contributed by atoms with van der Waals surface area (Å²) in [5.41, 5.74) is 8.05. The molecule has 0 amide bonds. The molecule has 0 aliphatic carbocycles. The van der Waals surface area contributed by atoms with Gasteiger partial charge in [0.05, 0.1) is 18.1 Å². The molecule has 1 saturated heterocycles. The van der Waals surface area contributed by atoms with Crippen LogP contribution < -0.4 is 15.8 Å². The van der Waals surface area contributed by atoms with Gasteiger partial charge in [-0.25, -0.2) is 4.98 Å². The zero-order valence-corrected chi connectivity index (χ0v) is 15.6. The number of nitrogens with two attached hydrogens (primary N) is 1. The molecule has 1 aliphatic rings. The topological polar surface area (TPSA) is 76.3 Å². The monoisotopic (exact) mass is 363 g/mol. The summed E-state index contributed by atoms with van der Waals surface area (Å²) in [6.07, 6.45) is 7.74. The van der Waals surface area contributed by atoms with Gasteiger partial charge in [-0.3, -0.25) is 4.98 Å². The van der Waals surface area contributed by atoms with E-state index in [0.717, 1.165) is 48.1 Å². The maximum Gasteiger partial charge on any atom is 0.140 e. The minimum absolute atomic E-state index is 0.276. The van der Waals surface area contributed by atoms with E-state index < -0.39 is 0 Å². The first-order valence-corrected chi connectivity index (χ1v) is 9.34. The second kappa shape index (κ2) is 7.80. The molecule has 1 fully saturated rings. The van der Waals surface area contributed by atoms with Crippen LogP contribution in [0.3, 0.4) is 0 Å². The SMILES string of the molecule is CN1CCC(Oc2cncc(NCc3ccc4c(N)nccc4c3)c2)CC1. The van der Waals surface area contributed by atoms with Gasteiger partial charge in [0.25, 0.3) is 0 Å². The molecule has 27 heavy (non-hydrogen) atoms. The van der Waals surface area contributed by atoms with E-state index in [1.165, 1.54) is 5.56 Å². The van der Waals surface area contributed by atoms with Crippen molar-refractivity contribution in [2.75, 3.05) is 31.2 Å². The van der Waals surface area contributed by atoms with Crippen molar-refractivity contribution in [3.8, 4) is 5.75 Å². The normalized spacial score (nSPS) is 15.7. The number of piperidine rings is 1. The summed E-state index contributed by atoms with van der Waals surface area (Å²) in [6, 6.07) is 10.2. The molecule has 2 aromatic heterocycles. The molecule has 4 rings (SSSR count). The van der Waals surface area contributed by atoms with E-state index in [1.54, 1.807) is 12.4 Å². The molecule has 3 aromatic rings. The van der Waals surface area contributed by atoms with Crippen LogP contribution in [0.25, 0.3) is 10.8 Å². The highest BCUT2D eigenvalue weighted by molar-refractivity contribution is 5.91. The van der Waals surface area contributed by atoms with E-state index in [0.29, 0.717) is 12.4 Å². The van der Waals surface area contributed by atoms with Crippen molar-refractivity contribution in [2.24, 2.45) is 0 Å². The number of nitrogen functional groups attached to an aromatic ring is 1. The van der Waals surface area contributed by atoms with Crippen LogP contribution in [0, 0.1) is 0 Å². The first-order chi connectivity index (χ1) is 13.2. The summed E-state index contributed by atoms with van der Waals surface area (Å²) >= 11 is 0. The number of anilines is 2. The number of likely N-dealkylation sites (tertiary alicyclic amines) is 1. The Kier molecular flexibility index (Phi) is 5.07. The van der Waals surface area contributed by atoms with Gasteiger partial charge < -0.3 is 20.7 Å². The van der Waals surface area contributed by atoms with Crippen LogP contribution in [0.5, 0.6) is 5.75 Å². The molecule has 3 heterocycles. The van der Waals surface area contributed by atoms with Crippen molar-refractivity contribution in [1.82, 2.24) is 14.9 Å². The van der Waals surface area contributed by atoms with Crippen molar-refractivity contribution in [3.63, 3.8) is 0 Å². The van der Waals surface area contributed by atoms with Crippen molar-refractivity contribution in [1.29, 1.82) is 0 Å². The molecule has 0 unspecified atom stereocenters. The molecule has 3 N–H and O–H groups in total. The fourth-order valence-corrected chi connectivity index (χ4v) is 3.44. The van der Waals surface area contributed by atoms with Gasteiger partial charge in [0, 0.05) is 37.3 Å². The number of rotatable bonds is 5. The van der Waals surface area contributed by atoms with E-state index in [1.807, 2.05) is 24.4 Å². The summed E-state index contributed by atoms with van der Waals surface area (Å²) in [5.74, 6) is 1.39. The maximum absolute atomic E-state index is 6.12. The number of nitrogens with zero attached hydrogens (tertiary/aromatic N) is 3. The Morgan fingerprint density at radius 1 is 1.19 bits per heavy atom. The van der Waals surface area contributed by atoms with Crippen molar-refractivity contribution in [3.05, 3.63) is 54.5 Å². The van der Waals surface area contributed by atoms with Gasteiger partial charge in [0.1, 0.15) is 17.7 Å². The number of nitrogens with one attached hydrogen (secondary N) is 1. The number of benzene rings is 1. The molecule has 6 heteroatoms. The lowest BCUT2D eigenvalue weighted by Crippen LogP contribution is -2.35. The highest BCUT2D eigenvalue weighted by Gasteiger charge is 2.18. The highest BCUT2D eigenvalue weighted by Crippen LogP contribution is 2.23. The lowest BCUT2D eigenvalue weighted by Gasteiger charge is -2.29. The fraction of sp³-hybridized carbons (Fsp3) is 0.333. The molecule has 0 bridgehead atoms. The minimum atomic E-state index is 0.276. The predicted octanol–water partition coefficient (Wildman–Crippen LogP) is 3.30. The molecule has 6 nitrogen and oxygen atoms in total. The average molecular weight is 363 g/mol. The van der Waals surface area contributed by atoms with Gasteiger partial charge in [-0.15, -0.1) is 0 Å². The van der Waals surface area contributed by atoms with E-state index >= 15 is 0 Å². The molecular formula is C21H25N5O. The number of hydrogen-bond acceptors (Lipinski definition) is 6. The second-order valence-corrected chi connectivity index (χ2v) is 7.14. The first-order valence-electron chi connectivity index (χ1n) is 9.34. The lowest BCUT2D eigenvalue weighted by molar-refractivity contribution is 0.114. The van der Waals surface area contributed by atoms with Crippen LogP contribution in [-0.4, -0.2) is 41.1 Å². The van der Waals surface area contributed by atoms with Crippen LogP contribution in [0.15, 0.2) is 48.9 Å². The van der Waals surface area contributed by atoms with Gasteiger partial charge >= 0.3 is 0 Å². The highest BCUT2D eigenvalue weighted by atomic mass is 16.5. The minimum Gasteiger partial charge on any atom is -0.489 e. The Morgan fingerprint density at radius 2 is 2.04 bits per heavy atom. The van der Waals surface area contributed by atoms with Crippen molar-refractivity contribution < 1.29 is 4.74 Å². The predicted molar refractivity (Wildman–Crippen MR) is 109 cm³/mol. The lowest BCUT2D eigenvalue weighted by atomic mass is 10.1. The average Bonchev–Trinajstić information content (AvgIpc) is 2.69. The Balaban J connectivity index is 1.40. The van der Waals surface area contributed by atoms with E-state index in [4.69, 9.17) is 10.5 Å². The number of ether oxygens (including phenoxy) is 1. The van der Waals surface area contributed by atoms with E-state index in [2.05, 4.69) is 39.4 Å². The third-order valence-corrected chi connectivity index (χ3v) is 5.04. The van der Waals surface area contributed by atoms with Crippen LogP contribution >= 0.6 is 0 Å². The zero-order valence-electron chi connectivity index (χ0n) is 15.6. The molecule has 0 atom stereocenters. The molecule has 0 spiro atoms. The number of fused-ring (bicyclic) bond motifs is 1. The Bertz CT molecular complexity index is 921. The molecular weight excluding hydrogens is 338 g/mol. The largest absolute Gasteiger partial charge is 0.489 e. The standard InChI is InChI=1S/C21H25N5O/c1-26-8-5-18(6-9-26)27-19-11-17(13-23-14-19)25-12-15-2-3-20-16(10-15)4-7-24-21(20)22/h2-4,7,10-11,13-14,18,25H,5-6,8-9,12H2,1H3,(H2,22,24). The molecule has 0 radical (unpaired) electrons. The van der Waals surface area contributed by atoms with Gasteiger partial charge in [-0.1, -0.05) is 12.1 Å². The van der Waals surface area contributed by atoms with Crippen LogP contribution in [0.1, 0.15) is 18.4 Å². The quantitative estimate of drug-likeness (QED) is 0.724. The number of hydrogen-bond donors (Lipinski definition) is 2. The van der Waals surface area contributed by atoms with Gasteiger partial charge in [-0.05, 0) is 43.0 Å². The van der Waals surface area contributed by atoms with Gasteiger partial charge in [-0.2, -0.15) is 0 Å². The van der Waals surface area contributed by atoms with Crippen LogP contribution in [0.2, 0.25) is 0 Å². The summed E-state index contributed by atoms with van der Waals surface area (Å²) in [6.45, 7) is 2.87. The van der Waals surface area contributed by atoms with Crippen LogP contribution in [-0.2, 0) is 6.54 Å². The van der Waals surface area contributed by atoms with Crippen molar-refractivity contribution >= 4 is 22.3 Å². The summed E-state index contributed by atoms with van der Waals surface area (Å²) in [5, 5.41) is 5.51.